The number of likely N-dealkylation sites (tertiary alicyclic amines) is 1. The number of aliphatic hydroxyl groups is 1. The Labute approximate surface area is 190 Å². The molecule has 178 valence electrons. The van der Waals surface area contributed by atoms with Gasteiger partial charge in [-0.3, -0.25) is 14.5 Å². The number of amides is 4. The third-order valence-corrected chi connectivity index (χ3v) is 6.76. The summed E-state index contributed by atoms with van der Waals surface area (Å²) < 4.78 is -1.35. The first kappa shape index (κ1) is 24.5. The average Bonchev–Trinajstić information content (AvgIpc) is 2.93. The molecule has 2 aliphatic heterocycles. The fraction of sp³-hybridized carbons (Fsp3) is 0.500. The number of β-amino-alcohol motifs (C(OH)–C–C–N with tert-alkyl or cyclic N) is 1. The van der Waals surface area contributed by atoms with E-state index in [1.54, 1.807) is 13.8 Å². The Morgan fingerprint density at radius 2 is 1.82 bits per heavy atom. The lowest BCUT2D eigenvalue weighted by atomic mass is 9.84. The predicted octanol–water partition coefficient (Wildman–Crippen LogP) is -0.112. The van der Waals surface area contributed by atoms with Crippen LogP contribution in [0.15, 0.2) is 18.2 Å². The lowest BCUT2D eigenvalue weighted by Crippen LogP contribution is -2.83. The van der Waals surface area contributed by atoms with Gasteiger partial charge in [0.05, 0.1) is 24.3 Å². The van der Waals surface area contributed by atoms with Gasteiger partial charge in [0.25, 0.3) is 11.6 Å². The van der Waals surface area contributed by atoms with Crippen molar-refractivity contribution in [3.8, 4) is 0 Å². The number of fused-ring (bicyclic) bond motifs is 1. The largest absolute Gasteiger partial charge is 0.475 e. The van der Waals surface area contributed by atoms with Crippen LogP contribution in [0.2, 0.25) is 0 Å². The van der Waals surface area contributed by atoms with Crippen molar-refractivity contribution >= 4 is 35.3 Å². The third-order valence-electron chi connectivity index (χ3n) is 6.76. The van der Waals surface area contributed by atoms with Crippen molar-refractivity contribution in [2.75, 3.05) is 33.0 Å². The topological polar surface area (TPSA) is 158 Å². The average molecular weight is 461 g/mol. The summed E-state index contributed by atoms with van der Waals surface area (Å²) >= 11 is 0. The standard InChI is InChI=1S/C22H28N4O7/c1-12(2)22(21(32)33,24(3)4)26(16-7-8-17(28)25(9-10-27)18(16)29)19(30)14-6-5-13(23)11-15(14)20(26)31/h5-6,11-12,16,27H,7-10H2,1-4H3,(H2-,23,30,32,33)/p+1/t16?,22?,26-/m0/s1. The number of carbonyl (C=O) groups excluding carboxylic acids is 4. The number of carboxylic acid groups (broad SMARTS) is 1. The van der Waals surface area contributed by atoms with Crippen molar-refractivity contribution in [1.29, 1.82) is 0 Å². The summed E-state index contributed by atoms with van der Waals surface area (Å²) in [6.45, 7) is 2.30. The van der Waals surface area contributed by atoms with E-state index in [9.17, 15) is 34.2 Å². The molecule has 3 atom stereocenters. The molecule has 1 aromatic rings. The van der Waals surface area contributed by atoms with E-state index in [0.717, 1.165) is 4.90 Å². The second kappa shape index (κ2) is 8.32. The summed E-state index contributed by atoms with van der Waals surface area (Å²) in [5.41, 5.74) is 3.80. The lowest BCUT2D eigenvalue weighted by molar-refractivity contribution is -0.849. The molecule has 11 heteroatoms. The van der Waals surface area contributed by atoms with Gasteiger partial charge in [0, 0.05) is 24.4 Å². The summed E-state index contributed by atoms with van der Waals surface area (Å²) in [7, 11) is 2.88. The first-order valence-corrected chi connectivity index (χ1v) is 10.6. The van der Waals surface area contributed by atoms with E-state index in [2.05, 4.69) is 0 Å². The highest BCUT2D eigenvalue weighted by molar-refractivity contribution is 6.17. The first-order chi connectivity index (χ1) is 15.4. The van der Waals surface area contributed by atoms with Gasteiger partial charge in [-0.1, -0.05) is 13.8 Å². The molecule has 4 N–H and O–H groups in total. The number of carbonyl (C=O) groups is 5. The summed E-state index contributed by atoms with van der Waals surface area (Å²) in [6, 6.07) is 2.62. The zero-order valence-corrected chi connectivity index (χ0v) is 19.1. The number of carboxylic acids is 1. The number of hydrogen-bond acceptors (Lipinski definition) is 8. The number of hydrogen-bond donors (Lipinski definition) is 3. The first-order valence-electron chi connectivity index (χ1n) is 10.6. The Morgan fingerprint density at radius 1 is 1.21 bits per heavy atom. The molecule has 33 heavy (non-hydrogen) atoms. The maximum atomic E-state index is 14.1. The number of aliphatic carboxylic acids is 1. The number of rotatable bonds is 7. The minimum atomic E-state index is -2.17. The van der Waals surface area contributed by atoms with Gasteiger partial charge in [0.1, 0.15) is 0 Å². The summed E-state index contributed by atoms with van der Waals surface area (Å²) in [6.07, 6.45) is -0.382. The smallest absolute Gasteiger partial charge is 0.383 e. The zero-order valence-electron chi connectivity index (χ0n) is 19.1. The van der Waals surface area contributed by atoms with Crippen LogP contribution in [0.5, 0.6) is 0 Å². The third kappa shape index (κ3) is 3.03. The van der Waals surface area contributed by atoms with Gasteiger partial charge in [-0.05, 0) is 32.3 Å². The molecule has 2 unspecified atom stereocenters. The van der Waals surface area contributed by atoms with Crippen LogP contribution in [-0.2, 0) is 14.4 Å². The zero-order chi connectivity index (χ0) is 24.9. The van der Waals surface area contributed by atoms with E-state index in [0.29, 0.717) is 0 Å². The van der Waals surface area contributed by atoms with Crippen LogP contribution < -0.4 is 5.73 Å². The second-order valence-corrected chi connectivity index (χ2v) is 8.88. The fourth-order valence-electron chi connectivity index (χ4n) is 5.57. The number of quaternary nitrogens is 1. The number of aliphatic hydroxyl groups excluding tert-OH is 1. The summed E-state index contributed by atoms with van der Waals surface area (Å²) in [4.78, 5) is 69.3. The van der Waals surface area contributed by atoms with E-state index >= 15 is 0 Å². The van der Waals surface area contributed by atoms with Crippen molar-refractivity contribution in [1.82, 2.24) is 9.80 Å². The Kier molecular flexibility index (Phi) is 6.18. The normalized spacial score (nSPS) is 25.1. The van der Waals surface area contributed by atoms with Crippen LogP contribution in [0.3, 0.4) is 0 Å². The maximum Gasteiger partial charge on any atom is 0.383 e. The quantitative estimate of drug-likeness (QED) is 0.286. The van der Waals surface area contributed by atoms with Crippen LogP contribution in [0.4, 0.5) is 5.69 Å². The number of nitrogens with zero attached hydrogens (tertiary/aromatic N) is 3. The number of anilines is 1. The highest BCUT2D eigenvalue weighted by Gasteiger charge is 2.77. The second-order valence-electron chi connectivity index (χ2n) is 8.88. The van der Waals surface area contributed by atoms with Crippen LogP contribution in [0.1, 0.15) is 47.4 Å². The van der Waals surface area contributed by atoms with Gasteiger partial charge in [0.2, 0.25) is 5.91 Å². The van der Waals surface area contributed by atoms with Crippen LogP contribution in [0, 0.1) is 5.92 Å². The number of nitrogens with two attached hydrogens (primary N) is 1. The molecule has 0 spiro atoms. The maximum absolute atomic E-state index is 14.1. The summed E-state index contributed by atoms with van der Waals surface area (Å²) in [5, 5.41) is 19.9. The molecule has 3 rings (SSSR count). The molecule has 4 amide bonds. The number of imide groups is 2. The predicted molar refractivity (Wildman–Crippen MR) is 115 cm³/mol. The van der Waals surface area contributed by atoms with Gasteiger partial charge in [-0.15, -0.1) is 0 Å². The highest BCUT2D eigenvalue weighted by atomic mass is 16.4. The Bertz CT molecular complexity index is 1040. The Morgan fingerprint density at radius 3 is 2.33 bits per heavy atom. The van der Waals surface area contributed by atoms with Crippen LogP contribution in [0.25, 0.3) is 0 Å². The van der Waals surface area contributed by atoms with Crippen LogP contribution in [-0.4, -0.2) is 93.0 Å². The molecule has 1 saturated heterocycles. The minimum Gasteiger partial charge on any atom is -0.475 e. The molecule has 1 fully saturated rings. The van der Waals surface area contributed by atoms with E-state index in [-0.39, 0.29) is 36.2 Å². The van der Waals surface area contributed by atoms with Crippen molar-refractivity contribution < 1.29 is 38.7 Å². The molecule has 1 aromatic carbocycles. The molecule has 0 aromatic heterocycles. The number of likely N-dealkylation sites (N-methyl/N-ethyl adjacent to an activating group) is 1. The van der Waals surface area contributed by atoms with Crippen molar-refractivity contribution in [3.63, 3.8) is 0 Å². The highest BCUT2D eigenvalue weighted by Crippen LogP contribution is 2.48. The molecule has 2 heterocycles. The van der Waals surface area contributed by atoms with Gasteiger partial charge in [-0.25, -0.2) is 19.3 Å². The molecular formula is C22H29N4O7+. The molecule has 0 bridgehead atoms. The fourth-order valence-corrected chi connectivity index (χ4v) is 5.57. The van der Waals surface area contributed by atoms with E-state index in [1.807, 2.05) is 0 Å². The molecule has 2 aliphatic rings. The van der Waals surface area contributed by atoms with E-state index < -0.39 is 58.3 Å². The molecule has 0 saturated carbocycles. The van der Waals surface area contributed by atoms with E-state index in [1.165, 1.54) is 37.2 Å². The molecule has 0 aliphatic carbocycles. The summed E-state index contributed by atoms with van der Waals surface area (Å²) in [5.74, 6) is -5.39. The van der Waals surface area contributed by atoms with E-state index in [4.69, 9.17) is 5.73 Å². The lowest BCUT2D eigenvalue weighted by Gasteiger charge is -2.53. The van der Waals surface area contributed by atoms with Crippen molar-refractivity contribution in [2.24, 2.45) is 5.92 Å². The van der Waals surface area contributed by atoms with Gasteiger partial charge in [-0.2, -0.15) is 4.48 Å². The number of benzene rings is 1. The van der Waals surface area contributed by atoms with Gasteiger partial charge < -0.3 is 15.9 Å². The van der Waals surface area contributed by atoms with Crippen LogP contribution >= 0.6 is 0 Å². The number of nitrogen functional groups attached to an aromatic ring is 1. The Hall–Kier alpha value is -3.15. The van der Waals surface area contributed by atoms with Crippen molar-refractivity contribution in [3.05, 3.63) is 29.3 Å². The SMILES string of the molecule is CC(C)C(C(=O)O)(N(C)C)[N@@+]1(C2CCC(=O)N(CCO)C2=O)C(=O)c2ccc(N)cc2C1=O. The molecular weight excluding hydrogens is 432 g/mol. The van der Waals surface area contributed by atoms with Gasteiger partial charge >= 0.3 is 17.8 Å². The van der Waals surface area contributed by atoms with Gasteiger partial charge in [0.15, 0.2) is 6.04 Å². The molecule has 0 radical (unpaired) electrons. The number of piperidine rings is 1. The van der Waals surface area contributed by atoms with Crippen molar-refractivity contribution in [2.45, 2.75) is 38.4 Å². The minimum absolute atomic E-state index is 0.0271. The Balaban J connectivity index is 2.43. The molecule has 11 nitrogen and oxygen atoms in total. The monoisotopic (exact) mass is 461 g/mol.